The Morgan fingerprint density at radius 1 is 0.447 bits per heavy atom. The Kier molecular flexibility index (Phi) is 6.90. The SMILES string of the molecule is Cc1ccc(-c2[nH]nc(SSc3n[nH]c(-c4ccc(C)cc4)c3-c3ccccc3)c2-c2ccccc2)cc1. The van der Waals surface area contributed by atoms with Gasteiger partial charge >= 0.3 is 0 Å². The molecule has 0 saturated heterocycles. The summed E-state index contributed by atoms with van der Waals surface area (Å²) >= 11 is 0. The van der Waals surface area contributed by atoms with E-state index in [4.69, 9.17) is 10.2 Å². The van der Waals surface area contributed by atoms with Crippen LogP contribution in [0.2, 0.25) is 0 Å². The molecule has 6 rings (SSSR count). The van der Waals surface area contributed by atoms with Gasteiger partial charge in [0.2, 0.25) is 0 Å². The van der Waals surface area contributed by atoms with Gasteiger partial charge in [-0.2, -0.15) is 10.2 Å². The molecule has 0 saturated carbocycles. The van der Waals surface area contributed by atoms with Crippen LogP contribution in [0.1, 0.15) is 11.1 Å². The molecule has 6 aromatic rings. The van der Waals surface area contributed by atoms with Gasteiger partial charge in [-0.3, -0.25) is 10.2 Å². The number of aryl methyl sites for hydroxylation is 2. The molecule has 2 N–H and O–H groups in total. The second-order valence-electron chi connectivity index (χ2n) is 9.19. The number of aromatic nitrogens is 4. The molecule has 6 heteroatoms. The Hall–Kier alpha value is -4.00. The molecule has 0 atom stereocenters. The molecule has 2 aromatic heterocycles. The second-order valence-corrected chi connectivity index (χ2v) is 11.3. The quantitative estimate of drug-likeness (QED) is 0.202. The van der Waals surface area contributed by atoms with E-state index >= 15 is 0 Å². The van der Waals surface area contributed by atoms with E-state index < -0.39 is 0 Å². The topological polar surface area (TPSA) is 57.4 Å². The minimum atomic E-state index is 0.927. The molecular formula is C32H26N4S2. The Labute approximate surface area is 230 Å². The minimum absolute atomic E-state index is 0.927. The van der Waals surface area contributed by atoms with Crippen molar-refractivity contribution in [2.45, 2.75) is 23.9 Å². The lowest BCUT2D eigenvalue weighted by Crippen LogP contribution is -1.85. The fourth-order valence-corrected chi connectivity index (χ4v) is 6.58. The van der Waals surface area contributed by atoms with E-state index in [9.17, 15) is 0 Å². The number of nitrogens with one attached hydrogen (secondary N) is 2. The highest BCUT2D eigenvalue weighted by atomic mass is 33.1. The second kappa shape index (κ2) is 10.8. The summed E-state index contributed by atoms with van der Waals surface area (Å²) in [4.78, 5) is 0. The first-order valence-corrected chi connectivity index (χ1v) is 14.6. The van der Waals surface area contributed by atoms with Gasteiger partial charge in [-0.15, -0.1) is 0 Å². The summed E-state index contributed by atoms with van der Waals surface area (Å²) in [5.74, 6) is 0. The minimum Gasteiger partial charge on any atom is -0.276 e. The predicted molar refractivity (Wildman–Crippen MR) is 160 cm³/mol. The number of rotatable bonds is 7. The molecule has 0 amide bonds. The Bertz CT molecular complexity index is 1530. The van der Waals surface area contributed by atoms with Crippen LogP contribution in [0.4, 0.5) is 0 Å². The third-order valence-corrected chi connectivity index (χ3v) is 8.66. The molecule has 0 aliphatic heterocycles. The van der Waals surface area contributed by atoms with Gasteiger partial charge in [0.25, 0.3) is 0 Å². The van der Waals surface area contributed by atoms with E-state index in [0.717, 1.165) is 54.8 Å². The molecule has 0 unspecified atom stereocenters. The molecule has 4 nitrogen and oxygen atoms in total. The van der Waals surface area contributed by atoms with Crippen LogP contribution in [0.15, 0.2) is 119 Å². The first-order valence-electron chi connectivity index (χ1n) is 12.4. The molecule has 186 valence electrons. The van der Waals surface area contributed by atoms with Gasteiger partial charge in [-0.05, 0) is 46.6 Å². The number of hydrogen-bond acceptors (Lipinski definition) is 4. The van der Waals surface area contributed by atoms with E-state index in [0.29, 0.717) is 0 Å². The maximum Gasteiger partial charge on any atom is 0.137 e. The molecule has 0 aliphatic rings. The van der Waals surface area contributed by atoms with Crippen molar-refractivity contribution in [3.05, 3.63) is 120 Å². The van der Waals surface area contributed by atoms with E-state index in [2.05, 4.69) is 121 Å². The molecule has 0 spiro atoms. The third kappa shape index (κ3) is 4.93. The van der Waals surface area contributed by atoms with Crippen LogP contribution < -0.4 is 0 Å². The van der Waals surface area contributed by atoms with Gasteiger partial charge in [0.15, 0.2) is 0 Å². The zero-order valence-corrected chi connectivity index (χ0v) is 22.7. The standard InChI is InChI=1S/C32H26N4S2/c1-21-13-17-25(18-14-21)29-27(23-9-5-3-6-10-23)31(35-33-29)37-38-32-28(24-11-7-4-8-12-24)30(34-36-32)26-19-15-22(2)16-20-26/h3-20H,1-2H3,(H,33,35)(H,34,36). The van der Waals surface area contributed by atoms with Crippen LogP contribution >= 0.6 is 21.6 Å². The molecule has 0 radical (unpaired) electrons. The van der Waals surface area contributed by atoms with Gasteiger partial charge in [0.05, 0.1) is 11.4 Å². The number of aromatic amines is 2. The molecule has 0 bridgehead atoms. The average Bonchev–Trinajstić information content (AvgIpc) is 3.58. The molecule has 4 aromatic carbocycles. The van der Waals surface area contributed by atoms with E-state index in [1.54, 1.807) is 21.6 Å². The highest BCUT2D eigenvalue weighted by Crippen LogP contribution is 2.48. The van der Waals surface area contributed by atoms with Gasteiger partial charge < -0.3 is 0 Å². The summed E-state index contributed by atoms with van der Waals surface area (Å²) in [5.41, 5.74) is 11.2. The van der Waals surface area contributed by atoms with E-state index in [1.165, 1.54) is 11.1 Å². The van der Waals surface area contributed by atoms with Gasteiger partial charge in [0, 0.05) is 22.3 Å². The summed E-state index contributed by atoms with van der Waals surface area (Å²) in [6.45, 7) is 4.21. The van der Waals surface area contributed by atoms with Crippen LogP contribution in [-0.2, 0) is 0 Å². The molecule has 2 heterocycles. The monoisotopic (exact) mass is 530 g/mol. The van der Waals surface area contributed by atoms with E-state index in [-0.39, 0.29) is 0 Å². The van der Waals surface area contributed by atoms with Crippen LogP contribution in [0.3, 0.4) is 0 Å². The molecular weight excluding hydrogens is 505 g/mol. The van der Waals surface area contributed by atoms with Crippen molar-refractivity contribution in [1.29, 1.82) is 0 Å². The van der Waals surface area contributed by atoms with Crippen molar-refractivity contribution >= 4 is 21.6 Å². The first kappa shape index (κ1) is 24.3. The lowest BCUT2D eigenvalue weighted by molar-refractivity contribution is 1.01. The van der Waals surface area contributed by atoms with Crippen LogP contribution in [0.25, 0.3) is 44.8 Å². The Morgan fingerprint density at radius 2 is 0.816 bits per heavy atom. The third-order valence-electron chi connectivity index (χ3n) is 6.47. The normalized spacial score (nSPS) is 11.1. The smallest absolute Gasteiger partial charge is 0.137 e. The highest BCUT2D eigenvalue weighted by Gasteiger charge is 2.21. The number of nitrogens with zero attached hydrogens (tertiary/aromatic N) is 2. The van der Waals surface area contributed by atoms with Gasteiger partial charge in [0.1, 0.15) is 10.1 Å². The number of benzene rings is 4. The summed E-state index contributed by atoms with van der Waals surface area (Å²) < 4.78 is 0. The van der Waals surface area contributed by atoms with Crippen LogP contribution in [0, 0.1) is 13.8 Å². The number of H-pyrrole nitrogens is 2. The fraction of sp³-hybridized carbons (Fsp3) is 0.0625. The highest BCUT2D eigenvalue weighted by molar-refractivity contribution is 8.76. The molecule has 0 fully saturated rings. The number of hydrogen-bond donors (Lipinski definition) is 2. The average molecular weight is 531 g/mol. The zero-order chi connectivity index (χ0) is 25.9. The Morgan fingerprint density at radius 3 is 1.18 bits per heavy atom. The van der Waals surface area contributed by atoms with E-state index in [1.807, 2.05) is 12.1 Å². The summed E-state index contributed by atoms with van der Waals surface area (Å²) in [6, 6.07) is 38.0. The summed E-state index contributed by atoms with van der Waals surface area (Å²) in [6.07, 6.45) is 0. The molecule has 38 heavy (non-hydrogen) atoms. The van der Waals surface area contributed by atoms with Gasteiger partial charge in [-0.1, -0.05) is 120 Å². The van der Waals surface area contributed by atoms with Crippen molar-refractivity contribution in [3.8, 4) is 44.8 Å². The molecule has 0 aliphatic carbocycles. The fourth-order valence-electron chi connectivity index (χ4n) is 4.45. The van der Waals surface area contributed by atoms with Crippen molar-refractivity contribution in [2.24, 2.45) is 0 Å². The van der Waals surface area contributed by atoms with Crippen LogP contribution in [0.5, 0.6) is 0 Å². The zero-order valence-electron chi connectivity index (χ0n) is 21.1. The van der Waals surface area contributed by atoms with Crippen LogP contribution in [-0.4, -0.2) is 20.4 Å². The first-order chi connectivity index (χ1) is 18.7. The maximum absolute atomic E-state index is 4.76. The Balaban J connectivity index is 1.39. The maximum atomic E-state index is 4.76. The van der Waals surface area contributed by atoms with Crippen molar-refractivity contribution in [1.82, 2.24) is 20.4 Å². The van der Waals surface area contributed by atoms with Crippen molar-refractivity contribution < 1.29 is 0 Å². The predicted octanol–water partition coefficient (Wildman–Crippen LogP) is 9.22. The van der Waals surface area contributed by atoms with Crippen molar-refractivity contribution in [2.75, 3.05) is 0 Å². The summed E-state index contributed by atoms with van der Waals surface area (Å²) in [5, 5.41) is 18.0. The lowest BCUT2D eigenvalue weighted by Gasteiger charge is -2.08. The largest absolute Gasteiger partial charge is 0.276 e. The van der Waals surface area contributed by atoms with Crippen molar-refractivity contribution in [3.63, 3.8) is 0 Å². The van der Waals surface area contributed by atoms with Gasteiger partial charge in [-0.25, -0.2) is 0 Å². The summed E-state index contributed by atoms with van der Waals surface area (Å²) in [7, 11) is 3.25. The lowest BCUT2D eigenvalue weighted by atomic mass is 10.0.